The average molecular weight is 386 g/mol. The van der Waals surface area contributed by atoms with Gasteiger partial charge in [-0.25, -0.2) is 9.59 Å². The molecule has 1 spiro atoms. The van der Waals surface area contributed by atoms with E-state index in [9.17, 15) is 14.4 Å². The van der Waals surface area contributed by atoms with Crippen LogP contribution in [0.4, 0.5) is 5.69 Å². The molecule has 3 N–H and O–H groups in total. The molecule has 2 aliphatic rings. The van der Waals surface area contributed by atoms with E-state index in [0.29, 0.717) is 11.3 Å². The molecule has 1 atom stereocenters. The van der Waals surface area contributed by atoms with Gasteiger partial charge in [0, 0.05) is 11.3 Å². The Morgan fingerprint density at radius 3 is 2.54 bits per heavy atom. The molecule has 2 aliphatic heterocycles. The first-order valence-corrected chi connectivity index (χ1v) is 8.93. The van der Waals surface area contributed by atoms with E-state index >= 15 is 0 Å². The molecule has 1 amide bonds. The van der Waals surface area contributed by atoms with E-state index in [0.717, 1.165) is 0 Å². The number of hydrogen-bond donors (Lipinski definition) is 2. The molecule has 0 unspecified atom stereocenters. The molecule has 8 nitrogen and oxygen atoms in total. The topological polar surface area (TPSA) is 117 Å². The number of benzene rings is 1. The molecule has 2 heterocycles. The minimum atomic E-state index is -1.82. The molecule has 8 heteroatoms. The van der Waals surface area contributed by atoms with Crippen molar-refractivity contribution in [3.8, 4) is 0 Å². The number of para-hydroxylation sites is 1. The summed E-state index contributed by atoms with van der Waals surface area (Å²) in [7, 11) is 0. The van der Waals surface area contributed by atoms with Gasteiger partial charge in [-0.15, -0.1) is 0 Å². The number of fused-ring (bicyclic) bond motifs is 2. The van der Waals surface area contributed by atoms with Gasteiger partial charge in [-0.1, -0.05) is 18.2 Å². The summed E-state index contributed by atoms with van der Waals surface area (Å²) in [5, 5.41) is 2.73. The summed E-state index contributed by atoms with van der Waals surface area (Å²) in [5.41, 5.74) is 4.77. The second-order valence-corrected chi connectivity index (χ2v) is 6.70. The first-order valence-electron chi connectivity index (χ1n) is 8.93. The Balaban J connectivity index is 2.35. The number of allylic oxidation sites excluding steroid dienone is 1. The number of carbonyl (C=O) groups is 3. The van der Waals surface area contributed by atoms with Crippen LogP contribution in [0.5, 0.6) is 0 Å². The highest BCUT2D eigenvalue weighted by molar-refractivity contribution is 6.21. The molecule has 0 radical (unpaired) electrons. The van der Waals surface area contributed by atoms with Crippen LogP contribution in [0.15, 0.2) is 47.1 Å². The summed E-state index contributed by atoms with van der Waals surface area (Å²) in [6.07, 6.45) is -0.470. The lowest BCUT2D eigenvalue weighted by Crippen LogP contribution is -2.48. The minimum Gasteiger partial charge on any atom is -0.462 e. The van der Waals surface area contributed by atoms with Crippen LogP contribution in [0.1, 0.15) is 33.3 Å². The molecular formula is C20H22N2O6. The number of esters is 2. The largest absolute Gasteiger partial charge is 0.462 e. The Bertz CT molecular complexity index is 930. The zero-order valence-electron chi connectivity index (χ0n) is 16.1. The monoisotopic (exact) mass is 386 g/mol. The number of amides is 1. The third kappa shape index (κ3) is 2.72. The molecule has 0 fully saturated rings. The van der Waals surface area contributed by atoms with Crippen molar-refractivity contribution in [3.05, 3.63) is 52.6 Å². The van der Waals surface area contributed by atoms with E-state index in [1.54, 1.807) is 45.0 Å². The van der Waals surface area contributed by atoms with Crippen molar-refractivity contribution in [2.24, 2.45) is 5.73 Å². The molecule has 3 rings (SSSR count). The molecule has 0 saturated heterocycles. The average Bonchev–Trinajstić information content (AvgIpc) is 2.87. The molecule has 0 aliphatic carbocycles. The molecular weight excluding hydrogens is 364 g/mol. The van der Waals surface area contributed by atoms with Gasteiger partial charge in [0.15, 0.2) is 0 Å². The maximum Gasteiger partial charge on any atom is 0.341 e. The summed E-state index contributed by atoms with van der Waals surface area (Å²) in [6, 6.07) is 6.77. The zero-order chi connectivity index (χ0) is 20.6. The van der Waals surface area contributed by atoms with Gasteiger partial charge in [0.1, 0.15) is 22.3 Å². The Morgan fingerprint density at radius 2 is 1.89 bits per heavy atom. The van der Waals surface area contributed by atoms with Crippen molar-refractivity contribution in [3.63, 3.8) is 0 Å². The second kappa shape index (κ2) is 7.03. The fraction of sp³-hybridized carbons (Fsp3) is 0.350. The molecule has 0 aromatic heterocycles. The number of carbonyl (C=O) groups excluding carboxylic acids is 3. The van der Waals surface area contributed by atoms with E-state index < -0.39 is 29.4 Å². The van der Waals surface area contributed by atoms with Gasteiger partial charge in [-0.05, 0) is 33.8 Å². The fourth-order valence-corrected chi connectivity index (χ4v) is 3.62. The first kappa shape index (κ1) is 19.5. The van der Waals surface area contributed by atoms with Crippen LogP contribution in [0.25, 0.3) is 0 Å². The summed E-state index contributed by atoms with van der Waals surface area (Å²) >= 11 is 0. The summed E-state index contributed by atoms with van der Waals surface area (Å²) in [6.45, 7) is 6.56. The van der Waals surface area contributed by atoms with Crippen LogP contribution in [0.2, 0.25) is 0 Å². The van der Waals surface area contributed by atoms with Crippen LogP contribution in [0.3, 0.4) is 0 Å². The number of ether oxygens (including phenoxy) is 3. The zero-order valence-corrected chi connectivity index (χ0v) is 16.1. The van der Waals surface area contributed by atoms with Crippen LogP contribution >= 0.6 is 0 Å². The second-order valence-electron chi connectivity index (χ2n) is 6.70. The fourth-order valence-electron chi connectivity index (χ4n) is 3.62. The van der Waals surface area contributed by atoms with Crippen molar-refractivity contribution in [1.29, 1.82) is 0 Å². The highest BCUT2D eigenvalue weighted by atomic mass is 16.6. The van der Waals surface area contributed by atoms with Crippen molar-refractivity contribution in [2.75, 3.05) is 11.9 Å². The SMILES string of the molecule is CCOC(=O)C1=C(C)OC(N)=C(C(=O)OC(C)C)[C@@]12C(=O)Nc1ccccc12. The third-order valence-corrected chi connectivity index (χ3v) is 4.56. The van der Waals surface area contributed by atoms with E-state index in [4.69, 9.17) is 19.9 Å². The Morgan fingerprint density at radius 1 is 1.21 bits per heavy atom. The lowest BCUT2D eigenvalue weighted by Gasteiger charge is -2.35. The molecule has 1 aromatic rings. The smallest absolute Gasteiger partial charge is 0.341 e. The summed E-state index contributed by atoms with van der Waals surface area (Å²) < 4.78 is 16.0. The normalized spacial score (nSPS) is 20.8. The third-order valence-electron chi connectivity index (χ3n) is 4.56. The van der Waals surface area contributed by atoms with E-state index in [1.807, 2.05) is 0 Å². The van der Waals surface area contributed by atoms with Crippen molar-refractivity contribution in [1.82, 2.24) is 0 Å². The highest BCUT2D eigenvalue weighted by Gasteiger charge is 2.61. The maximum atomic E-state index is 13.3. The Kier molecular flexibility index (Phi) is 4.89. The predicted octanol–water partition coefficient (Wildman–Crippen LogP) is 1.87. The van der Waals surface area contributed by atoms with Crippen LogP contribution in [-0.2, 0) is 34.0 Å². The summed E-state index contributed by atoms with van der Waals surface area (Å²) in [5.74, 6) is -2.41. The first-order chi connectivity index (χ1) is 13.2. The molecule has 0 saturated carbocycles. The Hall–Kier alpha value is -3.29. The van der Waals surface area contributed by atoms with Gasteiger partial charge in [0.05, 0.1) is 12.7 Å². The number of nitrogens with two attached hydrogens (primary N) is 1. The summed E-state index contributed by atoms with van der Waals surface area (Å²) in [4.78, 5) is 39.2. The van der Waals surface area contributed by atoms with Gasteiger partial charge in [-0.2, -0.15) is 0 Å². The van der Waals surface area contributed by atoms with Gasteiger partial charge in [0.2, 0.25) is 11.8 Å². The van der Waals surface area contributed by atoms with Crippen LogP contribution in [0, 0.1) is 0 Å². The minimum absolute atomic E-state index is 0.0833. The molecule has 1 aromatic carbocycles. The number of nitrogens with one attached hydrogen (secondary N) is 1. The van der Waals surface area contributed by atoms with Gasteiger partial charge < -0.3 is 25.3 Å². The standard InChI is InChI=1S/C20H22N2O6/c1-5-26-17(23)14-11(4)28-16(21)15(18(24)27-10(2)3)20(14)12-8-6-7-9-13(12)22-19(20)25/h6-10H,5,21H2,1-4H3,(H,22,25)/t20-/m0/s1. The van der Waals surface area contributed by atoms with Crippen molar-refractivity contribution in [2.45, 2.75) is 39.2 Å². The van der Waals surface area contributed by atoms with Crippen molar-refractivity contribution >= 4 is 23.5 Å². The molecule has 28 heavy (non-hydrogen) atoms. The van der Waals surface area contributed by atoms with E-state index in [1.165, 1.54) is 6.92 Å². The Labute approximate surface area is 162 Å². The van der Waals surface area contributed by atoms with Crippen LogP contribution in [-0.4, -0.2) is 30.6 Å². The number of rotatable bonds is 4. The highest BCUT2D eigenvalue weighted by Crippen LogP contribution is 2.52. The number of anilines is 1. The van der Waals surface area contributed by atoms with Crippen LogP contribution < -0.4 is 11.1 Å². The van der Waals surface area contributed by atoms with Gasteiger partial charge in [0.25, 0.3) is 0 Å². The maximum absolute atomic E-state index is 13.3. The van der Waals surface area contributed by atoms with Gasteiger partial charge in [-0.3, -0.25) is 4.79 Å². The van der Waals surface area contributed by atoms with E-state index in [2.05, 4.69) is 5.32 Å². The van der Waals surface area contributed by atoms with Crippen molar-refractivity contribution < 1.29 is 28.6 Å². The van der Waals surface area contributed by atoms with Gasteiger partial charge >= 0.3 is 11.9 Å². The lowest BCUT2D eigenvalue weighted by molar-refractivity contribution is -0.145. The predicted molar refractivity (Wildman–Crippen MR) is 99.6 cm³/mol. The lowest BCUT2D eigenvalue weighted by atomic mass is 9.67. The quantitative estimate of drug-likeness (QED) is 0.759. The number of hydrogen-bond acceptors (Lipinski definition) is 7. The molecule has 148 valence electrons. The molecule has 0 bridgehead atoms. The van der Waals surface area contributed by atoms with E-state index in [-0.39, 0.29) is 29.4 Å².